The molecule has 0 saturated carbocycles. The van der Waals surface area contributed by atoms with Gasteiger partial charge in [0.05, 0.1) is 25.4 Å². The summed E-state index contributed by atoms with van der Waals surface area (Å²) in [5.74, 6) is 0.593. The van der Waals surface area contributed by atoms with E-state index < -0.39 is 10.0 Å². The quantitative estimate of drug-likeness (QED) is 0.803. The zero-order chi connectivity index (χ0) is 13.5. The van der Waals surface area contributed by atoms with Crippen molar-refractivity contribution in [3.05, 3.63) is 17.9 Å². The number of fused-ring (bicyclic) bond motifs is 1. The molecule has 0 amide bonds. The normalized spacial score (nSPS) is 29.1. The van der Waals surface area contributed by atoms with Crippen LogP contribution < -0.4 is 0 Å². The van der Waals surface area contributed by atoms with Gasteiger partial charge in [0.15, 0.2) is 0 Å². The molecule has 0 aromatic carbocycles. The Balaban J connectivity index is 1.91. The molecule has 0 bridgehead atoms. The molecular formula is C12H17NO5S. The second kappa shape index (κ2) is 4.90. The lowest BCUT2D eigenvalue weighted by Crippen LogP contribution is -2.57. The standard InChI is InChI=1S/C12H17NO5S/c1-9-2-3-12(18-9)19(14,15)13-5-7-17-11-8-16-6-4-10(11)13/h2-3,10-11H,4-8H2,1H3/t10-,11+/m0/s1. The molecule has 2 aliphatic rings. The molecule has 2 fully saturated rings. The molecule has 0 radical (unpaired) electrons. The molecule has 1 aromatic heterocycles. The van der Waals surface area contributed by atoms with E-state index in [1.165, 1.54) is 10.4 Å². The predicted molar refractivity (Wildman–Crippen MR) is 66.3 cm³/mol. The van der Waals surface area contributed by atoms with Crippen LogP contribution in [-0.4, -0.2) is 51.2 Å². The summed E-state index contributed by atoms with van der Waals surface area (Å²) in [4.78, 5) is 0. The maximum atomic E-state index is 12.6. The average Bonchev–Trinajstić information content (AvgIpc) is 2.85. The van der Waals surface area contributed by atoms with Crippen molar-refractivity contribution in [3.8, 4) is 0 Å². The highest BCUT2D eigenvalue weighted by Gasteiger charge is 2.42. The summed E-state index contributed by atoms with van der Waals surface area (Å²) in [5.41, 5.74) is 0. The van der Waals surface area contributed by atoms with Crippen LogP contribution >= 0.6 is 0 Å². The molecule has 0 spiro atoms. The number of rotatable bonds is 2. The molecule has 2 atom stereocenters. The van der Waals surface area contributed by atoms with Gasteiger partial charge in [-0.2, -0.15) is 4.31 Å². The van der Waals surface area contributed by atoms with Gasteiger partial charge < -0.3 is 13.9 Å². The molecule has 2 aliphatic heterocycles. The first-order valence-corrected chi connectivity index (χ1v) is 7.81. The Morgan fingerprint density at radius 3 is 2.89 bits per heavy atom. The molecule has 7 heteroatoms. The molecule has 2 saturated heterocycles. The number of sulfonamides is 1. The van der Waals surface area contributed by atoms with Crippen LogP contribution in [-0.2, 0) is 19.5 Å². The summed E-state index contributed by atoms with van der Waals surface area (Å²) in [6, 6.07) is 3.02. The summed E-state index contributed by atoms with van der Waals surface area (Å²) < 4.78 is 42.9. The van der Waals surface area contributed by atoms with E-state index >= 15 is 0 Å². The Morgan fingerprint density at radius 1 is 1.32 bits per heavy atom. The molecule has 0 aliphatic carbocycles. The maximum Gasteiger partial charge on any atom is 0.276 e. The summed E-state index contributed by atoms with van der Waals surface area (Å²) in [6.07, 6.45) is 0.483. The van der Waals surface area contributed by atoms with Crippen molar-refractivity contribution in [2.24, 2.45) is 0 Å². The van der Waals surface area contributed by atoms with Gasteiger partial charge in [-0.15, -0.1) is 0 Å². The number of aryl methyl sites for hydroxylation is 1. The van der Waals surface area contributed by atoms with Gasteiger partial charge in [-0.05, 0) is 25.5 Å². The second-order valence-corrected chi connectivity index (χ2v) is 6.64. The van der Waals surface area contributed by atoms with Crippen molar-refractivity contribution < 1.29 is 22.3 Å². The van der Waals surface area contributed by atoms with Crippen LogP contribution in [0.15, 0.2) is 21.6 Å². The average molecular weight is 287 g/mol. The van der Waals surface area contributed by atoms with Crippen molar-refractivity contribution >= 4 is 10.0 Å². The lowest BCUT2D eigenvalue weighted by Gasteiger charge is -2.42. The zero-order valence-electron chi connectivity index (χ0n) is 10.7. The van der Waals surface area contributed by atoms with E-state index in [0.717, 1.165) is 0 Å². The molecule has 0 unspecified atom stereocenters. The fourth-order valence-electron chi connectivity index (χ4n) is 2.61. The highest BCUT2D eigenvalue weighted by Crippen LogP contribution is 2.28. The molecule has 6 nitrogen and oxygen atoms in total. The van der Waals surface area contributed by atoms with Gasteiger partial charge in [-0.25, -0.2) is 8.42 Å². The number of hydrogen-bond donors (Lipinski definition) is 0. The predicted octanol–water partition coefficient (Wildman–Crippen LogP) is 0.766. The first kappa shape index (κ1) is 13.1. The largest absolute Gasteiger partial charge is 0.449 e. The third kappa shape index (κ3) is 2.31. The summed E-state index contributed by atoms with van der Waals surface area (Å²) in [6.45, 7) is 3.50. The monoisotopic (exact) mass is 287 g/mol. The minimum atomic E-state index is -3.58. The lowest BCUT2D eigenvalue weighted by atomic mass is 10.1. The van der Waals surface area contributed by atoms with Crippen molar-refractivity contribution in [1.29, 1.82) is 0 Å². The van der Waals surface area contributed by atoms with Gasteiger partial charge >= 0.3 is 0 Å². The van der Waals surface area contributed by atoms with Gasteiger partial charge in [0.25, 0.3) is 10.0 Å². The fourth-order valence-corrected chi connectivity index (χ4v) is 4.23. The van der Waals surface area contributed by atoms with Gasteiger partial charge in [0.2, 0.25) is 5.09 Å². The number of morpholine rings is 1. The number of nitrogens with zero attached hydrogens (tertiary/aromatic N) is 1. The van der Waals surface area contributed by atoms with Gasteiger partial charge in [0.1, 0.15) is 5.76 Å². The number of hydrogen-bond acceptors (Lipinski definition) is 5. The fraction of sp³-hybridized carbons (Fsp3) is 0.667. The highest BCUT2D eigenvalue weighted by molar-refractivity contribution is 7.89. The minimum absolute atomic E-state index is 0.0112. The number of ether oxygens (including phenoxy) is 2. The van der Waals surface area contributed by atoms with E-state index in [4.69, 9.17) is 13.9 Å². The Morgan fingerprint density at radius 2 is 2.16 bits per heavy atom. The van der Waals surface area contributed by atoms with Crippen LogP contribution in [0.1, 0.15) is 12.2 Å². The van der Waals surface area contributed by atoms with Gasteiger partial charge in [0, 0.05) is 13.2 Å². The van der Waals surface area contributed by atoms with Crippen LogP contribution in [0.25, 0.3) is 0 Å². The third-order valence-electron chi connectivity index (χ3n) is 3.56. The Kier molecular flexibility index (Phi) is 3.38. The molecule has 3 rings (SSSR count). The SMILES string of the molecule is Cc1ccc(S(=O)(=O)N2CCO[C@@H]3COCC[C@@H]32)o1. The molecule has 0 N–H and O–H groups in total. The van der Waals surface area contributed by atoms with Crippen LogP contribution in [0, 0.1) is 6.92 Å². The van der Waals surface area contributed by atoms with Crippen LogP contribution in [0.5, 0.6) is 0 Å². The Labute approximate surface area is 112 Å². The first-order chi connectivity index (χ1) is 9.09. The molecule has 106 valence electrons. The summed E-state index contributed by atoms with van der Waals surface area (Å²) in [7, 11) is -3.58. The van der Waals surface area contributed by atoms with Gasteiger partial charge in [-0.1, -0.05) is 0 Å². The van der Waals surface area contributed by atoms with Crippen molar-refractivity contribution in [1.82, 2.24) is 4.31 Å². The smallest absolute Gasteiger partial charge is 0.276 e. The van der Waals surface area contributed by atoms with E-state index in [1.807, 2.05) is 0 Å². The van der Waals surface area contributed by atoms with E-state index in [2.05, 4.69) is 0 Å². The van der Waals surface area contributed by atoms with Crippen molar-refractivity contribution in [2.45, 2.75) is 30.6 Å². The molecule has 1 aromatic rings. The Hall–Kier alpha value is -0.890. The van der Waals surface area contributed by atoms with Crippen LogP contribution in [0.4, 0.5) is 0 Å². The van der Waals surface area contributed by atoms with Crippen molar-refractivity contribution in [2.75, 3.05) is 26.4 Å². The number of furan rings is 1. The van der Waals surface area contributed by atoms with Crippen molar-refractivity contribution in [3.63, 3.8) is 0 Å². The topological polar surface area (TPSA) is 69.0 Å². The summed E-state index contributed by atoms with van der Waals surface area (Å²) in [5, 5.41) is 0.0112. The van der Waals surface area contributed by atoms with Crippen LogP contribution in [0.3, 0.4) is 0 Å². The van der Waals surface area contributed by atoms with Crippen LogP contribution in [0.2, 0.25) is 0 Å². The van der Waals surface area contributed by atoms with E-state index in [1.54, 1.807) is 13.0 Å². The second-order valence-electron chi connectivity index (χ2n) is 4.82. The Bertz CT molecular complexity index is 550. The summed E-state index contributed by atoms with van der Waals surface area (Å²) >= 11 is 0. The molecule has 19 heavy (non-hydrogen) atoms. The lowest BCUT2D eigenvalue weighted by molar-refractivity contribution is -0.114. The highest BCUT2D eigenvalue weighted by atomic mass is 32.2. The molecular weight excluding hydrogens is 270 g/mol. The zero-order valence-corrected chi connectivity index (χ0v) is 11.6. The first-order valence-electron chi connectivity index (χ1n) is 6.36. The minimum Gasteiger partial charge on any atom is -0.449 e. The van der Waals surface area contributed by atoms with Gasteiger partial charge in [-0.3, -0.25) is 0 Å². The maximum absolute atomic E-state index is 12.6. The van der Waals surface area contributed by atoms with E-state index in [-0.39, 0.29) is 17.2 Å². The molecule has 3 heterocycles. The van der Waals surface area contributed by atoms with E-state index in [0.29, 0.717) is 38.5 Å². The van der Waals surface area contributed by atoms with E-state index in [9.17, 15) is 8.42 Å². The third-order valence-corrected chi connectivity index (χ3v) is 5.36.